The average molecular weight is 352 g/mol. The number of benzene rings is 1. The second-order valence-corrected chi connectivity index (χ2v) is 5.30. The number of halogens is 1. The molecular weight excluding hydrogens is 339 g/mol. The van der Waals surface area contributed by atoms with Crippen LogP contribution in [0.4, 0.5) is 5.82 Å². The molecule has 18 heavy (non-hydrogen) atoms. The van der Waals surface area contributed by atoms with Crippen LogP contribution in [-0.2, 0) is 0 Å². The SMILES string of the molecule is Cc1ccnc(NC(=O)c2ccc(C)c(I)c2)c1. The molecule has 0 bridgehead atoms. The highest BCUT2D eigenvalue weighted by atomic mass is 127. The van der Waals surface area contributed by atoms with Crippen LogP contribution in [0, 0.1) is 17.4 Å². The van der Waals surface area contributed by atoms with Gasteiger partial charge in [0.25, 0.3) is 5.91 Å². The van der Waals surface area contributed by atoms with Gasteiger partial charge in [-0.2, -0.15) is 0 Å². The lowest BCUT2D eigenvalue weighted by atomic mass is 10.1. The molecule has 0 aliphatic rings. The molecule has 2 aromatic rings. The molecular formula is C14H13IN2O. The summed E-state index contributed by atoms with van der Waals surface area (Å²) in [5.41, 5.74) is 2.88. The van der Waals surface area contributed by atoms with Crippen LogP contribution in [0.3, 0.4) is 0 Å². The first-order valence-electron chi connectivity index (χ1n) is 5.56. The summed E-state index contributed by atoms with van der Waals surface area (Å²) in [4.78, 5) is 16.1. The van der Waals surface area contributed by atoms with E-state index in [4.69, 9.17) is 0 Å². The van der Waals surface area contributed by atoms with Crippen molar-refractivity contribution in [3.8, 4) is 0 Å². The van der Waals surface area contributed by atoms with Crippen molar-refractivity contribution < 1.29 is 4.79 Å². The molecule has 0 spiro atoms. The van der Waals surface area contributed by atoms with Crippen LogP contribution in [0.5, 0.6) is 0 Å². The van der Waals surface area contributed by atoms with Crippen LogP contribution in [0.1, 0.15) is 21.5 Å². The molecule has 1 aromatic carbocycles. The molecule has 1 N–H and O–H groups in total. The zero-order chi connectivity index (χ0) is 13.1. The van der Waals surface area contributed by atoms with Crippen LogP contribution >= 0.6 is 22.6 Å². The lowest BCUT2D eigenvalue weighted by Gasteiger charge is -2.06. The summed E-state index contributed by atoms with van der Waals surface area (Å²) in [7, 11) is 0. The Balaban J connectivity index is 2.19. The Morgan fingerprint density at radius 1 is 1.22 bits per heavy atom. The fourth-order valence-corrected chi connectivity index (χ4v) is 2.04. The van der Waals surface area contributed by atoms with Gasteiger partial charge in [0.05, 0.1) is 0 Å². The van der Waals surface area contributed by atoms with Gasteiger partial charge in [-0.3, -0.25) is 4.79 Å². The molecule has 0 radical (unpaired) electrons. The van der Waals surface area contributed by atoms with Gasteiger partial charge in [-0.15, -0.1) is 0 Å². The Morgan fingerprint density at radius 3 is 2.67 bits per heavy atom. The molecule has 4 heteroatoms. The second-order valence-electron chi connectivity index (χ2n) is 4.14. The number of nitrogens with zero attached hydrogens (tertiary/aromatic N) is 1. The highest BCUT2D eigenvalue weighted by Crippen LogP contribution is 2.15. The maximum absolute atomic E-state index is 12.0. The molecule has 1 aromatic heterocycles. The second kappa shape index (κ2) is 5.48. The number of pyridine rings is 1. The summed E-state index contributed by atoms with van der Waals surface area (Å²) in [5.74, 6) is 0.446. The van der Waals surface area contributed by atoms with Crippen molar-refractivity contribution in [1.29, 1.82) is 0 Å². The van der Waals surface area contributed by atoms with Crippen LogP contribution in [-0.4, -0.2) is 10.9 Å². The van der Waals surface area contributed by atoms with E-state index in [1.165, 1.54) is 5.56 Å². The van der Waals surface area contributed by atoms with Gasteiger partial charge in [-0.25, -0.2) is 4.98 Å². The highest BCUT2D eigenvalue weighted by Gasteiger charge is 2.08. The summed E-state index contributed by atoms with van der Waals surface area (Å²) in [6, 6.07) is 9.38. The Labute approximate surface area is 120 Å². The molecule has 0 atom stereocenters. The molecule has 0 aliphatic carbocycles. The van der Waals surface area contributed by atoms with Gasteiger partial charge < -0.3 is 5.32 Å². The molecule has 0 saturated carbocycles. The number of anilines is 1. The number of carbonyl (C=O) groups excluding carboxylic acids is 1. The summed E-state index contributed by atoms with van der Waals surface area (Å²) in [6.45, 7) is 3.98. The van der Waals surface area contributed by atoms with Gasteiger partial charge >= 0.3 is 0 Å². The smallest absolute Gasteiger partial charge is 0.256 e. The maximum Gasteiger partial charge on any atom is 0.256 e. The van der Waals surface area contributed by atoms with Crippen LogP contribution in [0.15, 0.2) is 36.5 Å². The van der Waals surface area contributed by atoms with E-state index in [-0.39, 0.29) is 5.91 Å². The summed E-state index contributed by atoms with van der Waals surface area (Å²) >= 11 is 2.22. The van der Waals surface area contributed by atoms with Crippen LogP contribution in [0.2, 0.25) is 0 Å². The maximum atomic E-state index is 12.0. The molecule has 0 fully saturated rings. The molecule has 0 aliphatic heterocycles. The summed E-state index contributed by atoms with van der Waals surface area (Å²) in [5, 5.41) is 2.79. The van der Waals surface area contributed by atoms with E-state index in [0.717, 1.165) is 9.13 Å². The standard InChI is InChI=1S/C14H13IN2O/c1-9-5-6-16-13(7-9)17-14(18)11-4-3-10(2)12(15)8-11/h3-8H,1-2H3,(H,16,17,18). The average Bonchev–Trinajstić information content (AvgIpc) is 2.32. The van der Waals surface area contributed by atoms with E-state index in [1.807, 2.05) is 44.2 Å². The molecule has 0 unspecified atom stereocenters. The zero-order valence-electron chi connectivity index (χ0n) is 10.2. The van der Waals surface area contributed by atoms with Crippen molar-refractivity contribution in [2.45, 2.75) is 13.8 Å². The van der Waals surface area contributed by atoms with E-state index < -0.39 is 0 Å². The summed E-state index contributed by atoms with van der Waals surface area (Å²) in [6.07, 6.45) is 1.68. The van der Waals surface area contributed by atoms with Crippen molar-refractivity contribution in [1.82, 2.24) is 4.98 Å². The number of aromatic nitrogens is 1. The fraction of sp³-hybridized carbons (Fsp3) is 0.143. The van der Waals surface area contributed by atoms with Crippen LogP contribution < -0.4 is 5.32 Å². The molecule has 92 valence electrons. The number of aryl methyl sites for hydroxylation is 2. The predicted octanol–water partition coefficient (Wildman–Crippen LogP) is 3.56. The lowest BCUT2D eigenvalue weighted by molar-refractivity contribution is 0.102. The van der Waals surface area contributed by atoms with Crippen molar-refractivity contribution in [3.05, 3.63) is 56.8 Å². The Bertz CT molecular complexity index is 596. The molecule has 3 nitrogen and oxygen atoms in total. The first-order valence-corrected chi connectivity index (χ1v) is 6.64. The normalized spacial score (nSPS) is 10.2. The largest absolute Gasteiger partial charge is 0.307 e. The van der Waals surface area contributed by atoms with E-state index in [9.17, 15) is 4.79 Å². The molecule has 1 amide bonds. The molecule has 0 saturated heterocycles. The van der Waals surface area contributed by atoms with Gasteiger partial charge in [0.15, 0.2) is 0 Å². The van der Waals surface area contributed by atoms with Crippen molar-refractivity contribution in [3.63, 3.8) is 0 Å². The molecule has 2 rings (SSSR count). The third kappa shape index (κ3) is 3.07. The number of hydrogen-bond donors (Lipinski definition) is 1. The monoisotopic (exact) mass is 352 g/mol. The lowest BCUT2D eigenvalue weighted by Crippen LogP contribution is -2.13. The van der Waals surface area contributed by atoms with Gasteiger partial charge in [0, 0.05) is 15.3 Å². The van der Waals surface area contributed by atoms with E-state index in [1.54, 1.807) is 6.20 Å². The third-order valence-corrected chi connectivity index (χ3v) is 3.75. The quantitative estimate of drug-likeness (QED) is 0.840. The number of nitrogens with one attached hydrogen (secondary N) is 1. The van der Waals surface area contributed by atoms with Gasteiger partial charge in [0.1, 0.15) is 5.82 Å². The van der Waals surface area contributed by atoms with Crippen molar-refractivity contribution >= 4 is 34.3 Å². The van der Waals surface area contributed by atoms with Crippen molar-refractivity contribution in [2.24, 2.45) is 0 Å². The zero-order valence-corrected chi connectivity index (χ0v) is 12.4. The minimum Gasteiger partial charge on any atom is -0.307 e. The Kier molecular flexibility index (Phi) is 3.96. The van der Waals surface area contributed by atoms with Gasteiger partial charge in [-0.1, -0.05) is 6.07 Å². The highest BCUT2D eigenvalue weighted by molar-refractivity contribution is 14.1. The Hall–Kier alpha value is -1.43. The Morgan fingerprint density at radius 2 is 2.00 bits per heavy atom. The summed E-state index contributed by atoms with van der Waals surface area (Å²) < 4.78 is 1.08. The van der Waals surface area contributed by atoms with Gasteiger partial charge in [-0.05, 0) is 71.8 Å². The first-order chi connectivity index (χ1) is 8.56. The van der Waals surface area contributed by atoms with E-state index >= 15 is 0 Å². The van der Waals surface area contributed by atoms with Crippen LogP contribution in [0.25, 0.3) is 0 Å². The molecule has 1 heterocycles. The minimum absolute atomic E-state index is 0.133. The van der Waals surface area contributed by atoms with E-state index in [2.05, 4.69) is 32.9 Å². The topological polar surface area (TPSA) is 42.0 Å². The predicted molar refractivity (Wildman–Crippen MR) is 80.8 cm³/mol. The number of carbonyl (C=O) groups is 1. The fourth-order valence-electron chi connectivity index (χ4n) is 1.53. The number of hydrogen-bond acceptors (Lipinski definition) is 2. The van der Waals surface area contributed by atoms with Crippen molar-refractivity contribution in [2.75, 3.05) is 5.32 Å². The third-order valence-electron chi connectivity index (χ3n) is 2.59. The number of amides is 1. The number of rotatable bonds is 2. The minimum atomic E-state index is -0.133. The first kappa shape index (κ1) is 13.0. The van der Waals surface area contributed by atoms with Gasteiger partial charge in [0.2, 0.25) is 0 Å². The van der Waals surface area contributed by atoms with E-state index in [0.29, 0.717) is 11.4 Å².